The molecule has 0 saturated carbocycles. The highest BCUT2D eigenvalue weighted by Gasteiger charge is 2.37. The van der Waals surface area contributed by atoms with E-state index in [2.05, 4.69) is 0 Å². The Kier molecular flexibility index (Phi) is 3.74. The van der Waals surface area contributed by atoms with Crippen LogP contribution in [-0.4, -0.2) is 24.4 Å². The molecule has 29 heavy (non-hydrogen) atoms. The summed E-state index contributed by atoms with van der Waals surface area (Å²) >= 11 is 0. The largest absolute Gasteiger partial charge is 0.462 e. The topological polar surface area (TPSA) is 76.8 Å². The van der Waals surface area contributed by atoms with Crippen LogP contribution in [0.15, 0.2) is 65.1 Å². The number of hydrogen-bond donors (Lipinski definition) is 0. The third-order valence-electron chi connectivity index (χ3n) is 5.02. The van der Waals surface area contributed by atoms with Gasteiger partial charge in [0.15, 0.2) is 0 Å². The molecular formula is C23H15NO5. The summed E-state index contributed by atoms with van der Waals surface area (Å²) in [6, 6.07) is 17.3. The van der Waals surface area contributed by atoms with Crippen LogP contribution in [0.5, 0.6) is 0 Å². The van der Waals surface area contributed by atoms with Gasteiger partial charge in [-0.1, -0.05) is 18.2 Å². The predicted molar refractivity (Wildman–Crippen MR) is 107 cm³/mol. The third-order valence-corrected chi connectivity index (χ3v) is 5.02. The number of imide groups is 1. The standard InChI is InChI=1S/C23H15NO5/c1-2-28-23(27)13-7-9-17-18(11-13)22(26)24(21(17)25)14-8-10-16-15-5-3-4-6-19(15)29-20(16)12-14/h3-12H,2H2,1H3. The van der Waals surface area contributed by atoms with Gasteiger partial charge in [0.25, 0.3) is 11.8 Å². The number of rotatable bonds is 3. The van der Waals surface area contributed by atoms with E-state index in [1.54, 1.807) is 19.1 Å². The highest BCUT2D eigenvalue weighted by atomic mass is 16.5. The second-order valence-corrected chi connectivity index (χ2v) is 6.71. The number of amides is 2. The van der Waals surface area contributed by atoms with Gasteiger partial charge in [-0.3, -0.25) is 9.59 Å². The quantitative estimate of drug-likeness (QED) is 0.382. The van der Waals surface area contributed by atoms with E-state index >= 15 is 0 Å². The number of anilines is 1. The van der Waals surface area contributed by atoms with Crippen LogP contribution in [0.1, 0.15) is 38.0 Å². The van der Waals surface area contributed by atoms with E-state index in [0.717, 1.165) is 21.3 Å². The maximum Gasteiger partial charge on any atom is 0.338 e. The molecule has 6 nitrogen and oxygen atoms in total. The lowest BCUT2D eigenvalue weighted by atomic mass is 10.1. The molecule has 0 N–H and O–H groups in total. The monoisotopic (exact) mass is 385 g/mol. The normalized spacial score (nSPS) is 13.3. The number of benzene rings is 3. The van der Waals surface area contributed by atoms with Crippen molar-refractivity contribution in [3.63, 3.8) is 0 Å². The van der Waals surface area contributed by atoms with Gasteiger partial charge in [0.1, 0.15) is 11.2 Å². The van der Waals surface area contributed by atoms with Crippen LogP contribution in [-0.2, 0) is 4.74 Å². The summed E-state index contributed by atoms with van der Waals surface area (Å²) in [6.07, 6.45) is 0. The highest BCUT2D eigenvalue weighted by Crippen LogP contribution is 2.34. The summed E-state index contributed by atoms with van der Waals surface area (Å²) in [5, 5.41) is 1.88. The number of ether oxygens (including phenoxy) is 1. The predicted octanol–water partition coefficient (Wildman–Crippen LogP) is 4.56. The fourth-order valence-electron chi connectivity index (χ4n) is 3.67. The Hall–Kier alpha value is -3.93. The number of carbonyl (C=O) groups excluding carboxylic acids is 3. The van der Waals surface area contributed by atoms with Crippen LogP contribution in [0.2, 0.25) is 0 Å². The second kappa shape index (κ2) is 6.31. The van der Waals surface area contributed by atoms with Crippen molar-refractivity contribution < 1.29 is 23.5 Å². The molecule has 2 amide bonds. The zero-order valence-electron chi connectivity index (χ0n) is 15.5. The molecule has 1 aromatic heterocycles. The van der Waals surface area contributed by atoms with Crippen molar-refractivity contribution in [2.45, 2.75) is 6.92 Å². The maximum absolute atomic E-state index is 13.0. The van der Waals surface area contributed by atoms with E-state index in [1.807, 2.05) is 30.3 Å². The van der Waals surface area contributed by atoms with Gasteiger partial charge in [-0.2, -0.15) is 0 Å². The summed E-state index contributed by atoms with van der Waals surface area (Å²) in [5.41, 5.74) is 2.42. The van der Waals surface area contributed by atoms with Gasteiger partial charge < -0.3 is 9.15 Å². The Morgan fingerprint density at radius 3 is 2.48 bits per heavy atom. The zero-order chi connectivity index (χ0) is 20.1. The van der Waals surface area contributed by atoms with Crippen molar-refractivity contribution in [1.82, 2.24) is 0 Å². The van der Waals surface area contributed by atoms with Crippen LogP contribution in [0, 0.1) is 0 Å². The lowest BCUT2D eigenvalue weighted by Gasteiger charge is -2.13. The molecule has 0 saturated heterocycles. The second-order valence-electron chi connectivity index (χ2n) is 6.71. The SMILES string of the molecule is CCOC(=O)c1ccc2c(c1)C(=O)N(c1ccc3c(c1)oc1ccccc13)C2=O. The van der Waals surface area contributed by atoms with Gasteiger partial charge in [0.05, 0.1) is 29.0 Å². The molecule has 1 aliphatic rings. The lowest BCUT2D eigenvalue weighted by molar-refractivity contribution is 0.0526. The number of fused-ring (bicyclic) bond motifs is 4. The summed E-state index contributed by atoms with van der Waals surface area (Å²) in [5.74, 6) is -1.44. The molecule has 0 spiro atoms. The van der Waals surface area contributed by atoms with Gasteiger partial charge in [-0.15, -0.1) is 0 Å². The molecule has 6 heteroatoms. The average Bonchev–Trinajstić information content (AvgIpc) is 3.22. The molecular weight excluding hydrogens is 370 g/mol. The first-order valence-electron chi connectivity index (χ1n) is 9.19. The van der Waals surface area contributed by atoms with Crippen molar-refractivity contribution in [3.05, 3.63) is 77.4 Å². The Morgan fingerprint density at radius 2 is 1.66 bits per heavy atom. The smallest absolute Gasteiger partial charge is 0.338 e. The maximum atomic E-state index is 13.0. The van der Waals surface area contributed by atoms with E-state index in [1.165, 1.54) is 18.2 Å². The molecule has 4 aromatic rings. The Balaban J connectivity index is 1.57. The number of nitrogens with zero attached hydrogens (tertiary/aromatic N) is 1. The summed E-state index contributed by atoms with van der Waals surface area (Å²) in [6.45, 7) is 1.93. The first-order valence-corrected chi connectivity index (χ1v) is 9.19. The van der Waals surface area contributed by atoms with Crippen molar-refractivity contribution >= 4 is 45.4 Å². The fraction of sp³-hybridized carbons (Fsp3) is 0.0870. The molecule has 3 aromatic carbocycles. The van der Waals surface area contributed by atoms with E-state index in [-0.39, 0.29) is 23.3 Å². The minimum Gasteiger partial charge on any atom is -0.462 e. The lowest BCUT2D eigenvalue weighted by Crippen LogP contribution is -2.29. The Bertz CT molecular complexity index is 1330. The third kappa shape index (κ3) is 2.53. The van der Waals surface area contributed by atoms with E-state index in [9.17, 15) is 14.4 Å². The van der Waals surface area contributed by atoms with E-state index in [0.29, 0.717) is 11.3 Å². The van der Waals surface area contributed by atoms with Gasteiger partial charge in [-0.25, -0.2) is 9.69 Å². The molecule has 142 valence electrons. The molecule has 0 bridgehead atoms. The molecule has 5 rings (SSSR count). The van der Waals surface area contributed by atoms with Crippen LogP contribution in [0.4, 0.5) is 5.69 Å². The number of esters is 1. The van der Waals surface area contributed by atoms with Crippen molar-refractivity contribution in [2.75, 3.05) is 11.5 Å². The van der Waals surface area contributed by atoms with Gasteiger partial charge in [-0.05, 0) is 43.3 Å². The Morgan fingerprint density at radius 1 is 0.897 bits per heavy atom. The van der Waals surface area contributed by atoms with Gasteiger partial charge in [0.2, 0.25) is 0 Å². The summed E-state index contributed by atoms with van der Waals surface area (Å²) in [7, 11) is 0. The number of furan rings is 1. The van der Waals surface area contributed by atoms with Gasteiger partial charge >= 0.3 is 5.97 Å². The van der Waals surface area contributed by atoms with Crippen LogP contribution < -0.4 is 4.90 Å². The zero-order valence-corrected chi connectivity index (χ0v) is 15.5. The van der Waals surface area contributed by atoms with Gasteiger partial charge in [0, 0.05) is 16.8 Å². The number of para-hydroxylation sites is 1. The molecule has 2 heterocycles. The fourth-order valence-corrected chi connectivity index (χ4v) is 3.67. The molecule has 0 atom stereocenters. The van der Waals surface area contributed by atoms with Crippen molar-refractivity contribution in [3.8, 4) is 0 Å². The minimum absolute atomic E-state index is 0.185. The summed E-state index contributed by atoms with van der Waals surface area (Å²) < 4.78 is 10.8. The highest BCUT2D eigenvalue weighted by molar-refractivity contribution is 6.35. The average molecular weight is 385 g/mol. The number of hydrogen-bond acceptors (Lipinski definition) is 5. The molecule has 0 radical (unpaired) electrons. The van der Waals surface area contributed by atoms with E-state index < -0.39 is 17.8 Å². The minimum atomic E-state index is -0.530. The molecule has 0 fully saturated rings. The summed E-state index contributed by atoms with van der Waals surface area (Å²) in [4.78, 5) is 38.9. The van der Waals surface area contributed by atoms with E-state index in [4.69, 9.17) is 9.15 Å². The molecule has 1 aliphatic heterocycles. The molecule has 0 unspecified atom stereocenters. The number of carbonyl (C=O) groups is 3. The first kappa shape index (κ1) is 17.2. The van der Waals surface area contributed by atoms with Crippen molar-refractivity contribution in [2.24, 2.45) is 0 Å². The van der Waals surface area contributed by atoms with Crippen molar-refractivity contribution in [1.29, 1.82) is 0 Å². The van der Waals surface area contributed by atoms with Crippen LogP contribution in [0.25, 0.3) is 21.9 Å². The van der Waals surface area contributed by atoms with Crippen LogP contribution in [0.3, 0.4) is 0 Å². The molecule has 0 aliphatic carbocycles. The Labute approximate surface area is 165 Å². The van der Waals surface area contributed by atoms with Crippen LogP contribution >= 0.6 is 0 Å². The first-order chi connectivity index (χ1) is 14.1.